The van der Waals surface area contributed by atoms with Gasteiger partial charge in [0.2, 0.25) is 0 Å². The van der Waals surface area contributed by atoms with Gasteiger partial charge in [-0.15, -0.1) is 10.2 Å². The Morgan fingerprint density at radius 2 is 1.50 bits per heavy atom. The van der Waals surface area contributed by atoms with Crippen LogP contribution < -0.4 is 5.73 Å². The molecule has 0 bridgehead atoms. The van der Waals surface area contributed by atoms with Crippen LogP contribution in [0.15, 0.2) is 79.0 Å². The average molecular weight is 386 g/mol. The molecule has 4 aromatic rings. The van der Waals surface area contributed by atoms with Gasteiger partial charge in [0.1, 0.15) is 22.2 Å². The Morgan fingerprint density at radius 3 is 2.14 bits per heavy atom. The molecule has 0 aliphatic rings. The second-order valence-electron chi connectivity index (χ2n) is 6.10. The molecule has 4 nitrogen and oxygen atoms in total. The van der Waals surface area contributed by atoms with E-state index in [4.69, 9.17) is 18.0 Å². The van der Waals surface area contributed by atoms with Crippen molar-refractivity contribution in [1.82, 2.24) is 15.2 Å². The van der Waals surface area contributed by atoms with Crippen molar-refractivity contribution in [3.05, 3.63) is 90.5 Å². The topological polar surface area (TPSA) is 64.7 Å². The number of benzene rings is 2. The van der Waals surface area contributed by atoms with Crippen molar-refractivity contribution in [2.75, 3.05) is 0 Å². The molecule has 6 heteroatoms. The smallest absolute Gasteiger partial charge is 0.130 e. The van der Waals surface area contributed by atoms with Crippen LogP contribution in [0.4, 0.5) is 4.39 Å². The van der Waals surface area contributed by atoms with Crippen LogP contribution in [0.3, 0.4) is 0 Å². The van der Waals surface area contributed by atoms with E-state index >= 15 is 0 Å². The van der Waals surface area contributed by atoms with Gasteiger partial charge >= 0.3 is 0 Å². The Morgan fingerprint density at radius 1 is 0.786 bits per heavy atom. The molecule has 0 aliphatic heterocycles. The van der Waals surface area contributed by atoms with E-state index in [2.05, 4.69) is 15.2 Å². The lowest BCUT2D eigenvalue weighted by Crippen LogP contribution is -2.16. The number of hydrogen-bond donors (Lipinski definition) is 1. The predicted molar refractivity (Wildman–Crippen MR) is 112 cm³/mol. The summed E-state index contributed by atoms with van der Waals surface area (Å²) in [6.45, 7) is 0. The van der Waals surface area contributed by atoms with Crippen molar-refractivity contribution in [2.24, 2.45) is 5.73 Å². The highest BCUT2D eigenvalue weighted by Crippen LogP contribution is 2.39. The van der Waals surface area contributed by atoms with Crippen molar-refractivity contribution in [3.63, 3.8) is 0 Å². The Hall–Kier alpha value is -3.51. The molecule has 0 amide bonds. The molecule has 28 heavy (non-hydrogen) atoms. The summed E-state index contributed by atoms with van der Waals surface area (Å²) in [4.78, 5) is 4.62. The van der Waals surface area contributed by atoms with E-state index < -0.39 is 0 Å². The summed E-state index contributed by atoms with van der Waals surface area (Å²) in [6.07, 6.45) is 1.70. The number of pyridine rings is 1. The molecule has 136 valence electrons. The van der Waals surface area contributed by atoms with Gasteiger partial charge in [-0.25, -0.2) is 4.39 Å². The average Bonchev–Trinajstić information content (AvgIpc) is 2.74. The predicted octanol–water partition coefficient (Wildman–Crippen LogP) is 4.65. The second kappa shape index (κ2) is 7.62. The summed E-state index contributed by atoms with van der Waals surface area (Å²) in [6, 6.07) is 21.5. The second-order valence-corrected chi connectivity index (χ2v) is 6.54. The van der Waals surface area contributed by atoms with Gasteiger partial charge in [-0.3, -0.25) is 4.98 Å². The zero-order valence-corrected chi connectivity index (χ0v) is 15.5. The van der Waals surface area contributed by atoms with E-state index in [1.54, 1.807) is 18.3 Å². The minimum Gasteiger partial charge on any atom is -0.388 e. The van der Waals surface area contributed by atoms with Gasteiger partial charge in [0.15, 0.2) is 0 Å². The first-order valence-electron chi connectivity index (χ1n) is 8.58. The van der Waals surface area contributed by atoms with Crippen molar-refractivity contribution < 1.29 is 4.39 Å². The summed E-state index contributed by atoms with van der Waals surface area (Å²) in [5.41, 5.74) is 10.8. The molecule has 0 fully saturated rings. The van der Waals surface area contributed by atoms with Crippen LogP contribution in [0.5, 0.6) is 0 Å². The molecule has 2 N–H and O–H groups in total. The lowest BCUT2D eigenvalue weighted by Gasteiger charge is -2.17. The fraction of sp³-hybridized carbons (Fsp3) is 0. The molecule has 0 unspecified atom stereocenters. The fourth-order valence-corrected chi connectivity index (χ4v) is 3.21. The molecule has 0 radical (unpaired) electrons. The number of hydrogen-bond acceptors (Lipinski definition) is 4. The van der Waals surface area contributed by atoms with Crippen molar-refractivity contribution in [3.8, 4) is 33.6 Å². The van der Waals surface area contributed by atoms with Crippen molar-refractivity contribution in [1.29, 1.82) is 0 Å². The van der Waals surface area contributed by atoms with E-state index in [-0.39, 0.29) is 10.8 Å². The van der Waals surface area contributed by atoms with Gasteiger partial charge in [0.25, 0.3) is 0 Å². The molecule has 0 atom stereocenters. The van der Waals surface area contributed by atoms with Crippen LogP contribution in [0, 0.1) is 5.82 Å². The van der Waals surface area contributed by atoms with Crippen molar-refractivity contribution >= 4 is 17.2 Å². The molecule has 2 aromatic heterocycles. The Bertz CT molecular complexity index is 1130. The maximum atomic E-state index is 13.5. The SMILES string of the molecule is NC(=S)c1nnc(-c2ccc(F)cc2)c(-c2ccccc2)c1-c1ccccn1. The van der Waals surface area contributed by atoms with E-state index in [0.29, 0.717) is 22.6 Å². The Kier molecular flexibility index (Phi) is 4.87. The van der Waals surface area contributed by atoms with E-state index in [1.165, 1.54) is 12.1 Å². The largest absolute Gasteiger partial charge is 0.388 e. The van der Waals surface area contributed by atoms with E-state index in [1.807, 2.05) is 48.5 Å². The number of halogens is 1. The monoisotopic (exact) mass is 386 g/mol. The summed E-state index contributed by atoms with van der Waals surface area (Å²) in [7, 11) is 0. The summed E-state index contributed by atoms with van der Waals surface area (Å²) < 4.78 is 13.5. The van der Waals surface area contributed by atoms with Crippen LogP contribution >= 0.6 is 12.2 Å². The van der Waals surface area contributed by atoms with Gasteiger partial charge in [-0.05, 0) is 42.0 Å². The van der Waals surface area contributed by atoms with Gasteiger partial charge in [-0.1, -0.05) is 48.6 Å². The molecule has 2 heterocycles. The molecule has 0 aliphatic carbocycles. The highest BCUT2D eigenvalue weighted by atomic mass is 32.1. The number of nitrogens with two attached hydrogens (primary N) is 1. The first-order valence-corrected chi connectivity index (χ1v) is 8.99. The summed E-state index contributed by atoms with van der Waals surface area (Å²) in [5.74, 6) is -0.317. The molecular weight excluding hydrogens is 371 g/mol. The van der Waals surface area contributed by atoms with Gasteiger partial charge in [-0.2, -0.15) is 0 Å². The quantitative estimate of drug-likeness (QED) is 0.518. The minimum atomic E-state index is -0.317. The van der Waals surface area contributed by atoms with Crippen molar-refractivity contribution in [2.45, 2.75) is 0 Å². The fourth-order valence-electron chi connectivity index (χ4n) is 3.07. The van der Waals surface area contributed by atoms with Crippen LogP contribution in [0.2, 0.25) is 0 Å². The zero-order valence-electron chi connectivity index (χ0n) is 14.7. The molecule has 2 aromatic carbocycles. The summed E-state index contributed by atoms with van der Waals surface area (Å²) in [5, 5.41) is 8.68. The zero-order chi connectivity index (χ0) is 19.5. The third-order valence-electron chi connectivity index (χ3n) is 4.31. The first kappa shape index (κ1) is 17.9. The highest BCUT2D eigenvalue weighted by molar-refractivity contribution is 7.80. The van der Waals surface area contributed by atoms with Gasteiger partial charge in [0, 0.05) is 22.9 Å². The van der Waals surface area contributed by atoms with Gasteiger partial charge in [0.05, 0.1) is 5.69 Å². The number of aromatic nitrogens is 3. The first-order chi connectivity index (χ1) is 13.6. The standard InChI is InChI=1S/C22H15FN4S/c23-16-11-9-15(10-12-16)20-18(14-6-2-1-3-7-14)19(17-8-4-5-13-25-17)21(22(24)28)27-26-20/h1-13H,(H2,24,28). The third-order valence-corrected chi connectivity index (χ3v) is 4.50. The Labute approximate surface area is 166 Å². The van der Waals surface area contributed by atoms with E-state index in [0.717, 1.165) is 16.7 Å². The molecule has 0 saturated heterocycles. The normalized spacial score (nSPS) is 10.6. The molecule has 4 rings (SSSR count). The number of rotatable bonds is 4. The van der Waals surface area contributed by atoms with Crippen LogP contribution in [0.25, 0.3) is 33.6 Å². The summed E-state index contributed by atoms with van der Waals surface area (Å²) >= 11 is 5.23. The molecule has 0 spiro atoms. The van der Waals surface area contributed by atoms with Crippen LogP contribution in [-0.4, -0.2) is 20.2 Å². The lowest BCUT2D eigenvalue weighted by atomic mass is 9.92. The maximum absolute atomic E-state index is 13.5. The van der Waals surface area contributed by atoms with E-state index in [9.17, 15) is 4.39 Å². The third kappa shape index (κ3) is 3.37. The number of thiocarbonyl (C=S) groups is 1. The minimum absolute atomic E-state index is 0.135. The maximum Gasteiger partial charge on any atom is 0.130 e. The number of nitrogens with zero attached hydrogens (tertiary/aromatic N) is 3. The molecular formula is C22H15FN4S. The van der Waals surface area contributed by atoms with Crippen LogP contribution in [-0.2, 0) is 0 Å². The lowest BCUT2D eigenvalue weighted by molar-refractivity contribution is 0.628. The highest BCUT2D eigenvalue weighted by Gasteiger charge is 2.22. The van der Waals surface area contributed by atoms with Gasteiger partial charge < -0.3 is 5.73 Å². The van der Waals surface area contributed by atoms with Crippen LogP contribution in [0.1, 0.15) is 5.69 Å². The Balaban J connectivity index is 2.11. The molecule has 0 saturated carbocycles.